The zero-order chi connectivity index (χ0) is 23.5. The minimum absolute atomic E-state index is 0.0545. The SMILES string of the molecule is CCC(CCOc1c(Cl)ccc(-c2ccn3nc(N)nc3c2)c1F)C(O)c1ccc(F)cc1. The van der Waals surface area contributed by atoms with Gasteiger partial charge in [-0.2, -0.15) is 4.98 Å². The number of nitrogens with zero attached hydrogens (tertiary/aromatic N) is 3. The number of aliphatic hydroxyl groups is 1. The molecular weight excluding hydrogens is 450 g/mol. The average Bonchev–Trinajstić information content (AvgIpc) is 3.18. The Balaban J connectivity index is 1.50. The summed E-state index contributed by atoms with van der Waals surface area (Å²) in [5.41, 5.74) is 7.61. The highest BCUT2D eigenvalue weighted by Crippen LogP contribution is 2.36. The standard InChI is InChI=1S/C24H23ClF2N4O2/c1-2-14(22(32)15-3-5-17(26)6-4-15)10-12-33-23-19(25)8-7-18(21(23)27)16-9-11-31-20(13-16)29-24(28)30-31/h3-9,11,13-14,22,32H,2,10,12H2,1H3,(H2,28,30). The van der Waals surface area contributed by atoms with Gasteiger partial charge in [-0.05, 0) is 59.9 Å². The number of fused-ring (bicyclic) bond motifs is 1. The van der Waals surface area contributed by atoms with Crippen molar-refractivity contribution < 1.29 is 18.6 Å². The lowest BCUT2D eigenvalue weighted by molar-refractivity contribution is 0.0893. The zero-order valence-electron chi connectivity index (χ0n) is 17.9. The van der Waals surface area contributed by atoms with Crippen molar-refractivity contribution in [2.24, 2.45) is 5.92 Å². The maximum Gasteiger partial charge on any atom is 0.240 e. The molecule has 4 rings (SSSR count). The van der Waals surface area contributed by atoms with Crippen LogP contribution in [0.5, 0.6) is 5.75 Å². The van der Waals surface area contributed by atoms with E-state index in [1.165, 1.54) is 16.6 Å². The second kappa shape index (κ2) is 9.72. The van der Waals surface area contributed by atoms with Crippen LogP contribution in [0.2, 0.25) is 5.02 Å². The van der Waals surface area contributed by atoms with Gasteiger partial charge in [0, 0.05) is 11.8 Å². The number of halogens is 3. The Morgan fingerprint density at radius 3 is 2.64 bits per heavy atom. The molecule has 2 heterocycles. The number of hydrogen-bond donors (Lipinski definition) is 2. The van der Waals surface area contributed by atoms with Crippen molar-refractivity contribution >= 4 is 23.2 Å². The third-order valence-electron chi connectivity index (χ3n) is 5.63. The van der Waals surface area contributed by atoms with Crippen LogP contribution in [0.3, 0.4) is 0 Å². The largest absolute Gasteiger partial charge is 0.489 e. The Labute approximate surface area is 194 Å². The van der Waals surface area contributed by atoms with E-state index in [1.54, 1.807) is 42.6 Å². The van der Waals surface area contributed by atoms with Gasteiger partial charge >= 0.3 is 0 Å². The van der Waals surface area contributed by atoms with E-state index < -0.39 is 11.9 Å². The van der Waals surface area contributed by atoms with Crippen LogP contribution in [0.25, 0.3) is 16.8 Å². The molecule has 0 aliphatic carbocycles. The fourth-order valence-electron chi connectivity index (χ4n) is 3.78. The fourth-order valence-corrected chi connectivity index (χ4v) is 3.98. The molecule has 2 atom stereocenters. The molecule has 9 heteroatoms. The third-order valence-corrected chi connectivity index (χ3v) is 5.93. The van der Waals surface area contributed by atoms with Crippen LogP contribution < -0.4 is 10.5 Å². The molecule has 0 radical (unpaired) electrons. The molecule has 0 aliphatic heterocycles. The number of aromatic nitrogens is 3. The number of aliphatic hydroxyl groups excluding tert-OH is 1. The molecule has 4 aromatic rings. The Hall–Kier alpha value is -3.23. The number of nitrogen functional groups attached to an aromatic ring is 1. The molecule has 0 bridgehead atoms. The van der Waals surface area contributed by atoms with E-state index in [-0.39, 0.29) is 35.1 Å². The van der Waals surface area contributed by atoms with Crippen LogP contribution in [0.15, 0.2) is 54.7 Å². The summed E-state index contributed by atoms with van der Waals surface area (Å²) >= 11 is 6.22. The van der Waals surface area contributed by atoms with Crippen molar-refractivity contribution in [2.45, 2.75) is 25.9 Å². The van der Waals surface area contributed by atoms with E-state index in [1.807, 2.05) is 6.92 Å². The van der Waals surface area contributed by atoms with Gasteiger partial charge in [-0.1, -0.05) is 37.1 Å². The van der Waals surface area contributed by atoms with Gasteiger partial charge in [0.2, 0.25) is 5.95 Å². The highest BCUT2D eigenvalue weighted by atomic mass is 35.5. The minimum Gasteiger partial charge on any atom is -0.489 e. The van der Waals surface area contributed by atoms with Crippen LogP contribution in [-0.4, -0.2) is 26.3 Å². The monoisotopic (exact) mass is 472 g/mol. The molecule has 0 aliphatic rings. The summed E-state index contributed by atoms with van der Waals surface area (Å²) in [6.07, 6.45) is 1.98. The van der Waals surface area contributed by atoms with E-state index in [0.29, 0.717) is 35.2 Å². The van der Waals surface area contributed by atoms with Gasteiger partial charge in [-0.25, -0.2) is 13.3 Å². The number of nitrogens with two attached hydrogens (primary N) is 1. The second-order valence-corrected chi connectivity index (χ2v) is 8.14. The zero-order valence-corrected chi connectivity index (χ0v) is 18.6. The van der Waals surface area contributed by atoms with E-state index in [0.717, 1.165) is 0 Å². The van der Waals surface area contributed by atoms with Crippen molar-refractivity contribution in [1.82, 2.24) is 14.6 Å². The Morgan fingerprint density at radius 2 is 1.91 bits per heavy atom. The smallest absolute Gasteiger partial charge is 0.240 e. The van der Waals surface area contributed by atoms with Crippen LogP contribution in [-0.2, 0) is 0 Å². The number of ether oxygens (including phenoxy) is 1. The molecular formula is C24H23ClF2N4O2. The number of rotatable bonds is 8. The van der Waals surface area contributed by atoms with Crippen LogP contribution in [0.4, 0.5) is 14.7 Å². The summed E-state index contributed by atoms with van der Waals surface area (Å²) in [5.74, 6) is -1.03. The topological polar surface area (TPSA) is 85.7 Å². The number of benzene rings is 2. The molecule has 0 saturated heterocycles. The normalized spacial score (nSPS) is 13.2. The van der Waals surface area contributed by atoms with Gasteiger partial charge in [0.1, 0.15) is 5.82 Å². The second-order valence-electron chi connectivity index (χ2n) is 7.73. The van der Waals surface area contributed by atoms with Gasteiger partial charge in [0.25, 0.3) is 0 Å². The highest BCUT2D eigenvalue weighted by molar-refractivity contribution is 6.32. The lowest BCUT2D eigenvalue weighted by Crippen LogP contribution is -2.16. The van der Waals surface area contributed by atoms with Crippen molar-refractivity contribution in [1.29, 1.82) is 0 Å². The molecule has 0 amide bonds. The first-order valence-corrected chi connectivity index (χ1v) is 10.9. The first-order valence-electron chi connectivity index (χ1n) is 10.5. The maximum atomic E-state index is 15.3. The Morgan fingerprint density at radius 1 is 1.15 bits per heavy atom. The highest BCUT2D eigenvalue weighted by Gasteiger charge is 2.21. The lowest BCUT2D eigenvalue weighted by atomic mass is 9.91. The summed E-state index contributed by atoms with van der Waals surface area (Å²) in [5, 5.41) is 14.8. The predicted octanol–water partition coefficient (Wildman–Crippen LogP) is 5.44. The molecule has 33 heavy (non-hydrogen) atoms. The van der Waals surface area contributed by atoms with Gasteiger partial charge in [-0.15, -0.1) is 5.10 Å². The summed E-state index contributed by atoms with van der Waals surface area (Å²) in [6.45, 7) is 2.09. The first kappa shape index (κ1) is 22.9. The van der Waals surface area contributed by atoms with Crippen molar-refractivity contribution in [3.05, 3.63) is 76.9 Å². The molecule has 172 valence electrons. The van der Waals surface area contributed by atoms with Crippen molar-refractivity contribution in [3.8, 4) is 16.9 Å². The maximum absolute atomic E-state index is 15.3. The van der Waals surface area contributed by atoms with Gasteiger partial charge in [0.05, 0.1) is 17.7 Å². The van der Waals surface area contributed by atoms with E-state index >= 15 is 4.39 Å². The van der Waals surface area contributed by atoms with Crippen LogP contribution in [0, 0.1) is 17.6 Å². The van der Waals surface area contributed by atoms with Crippen molar-refractivity contribution in [2.75, 3.05) is 12.3 Å². The summed E-state index contributed by atoms with van der Waals surface area (Å²) in [4.78, 5) is 4.10. The Bertz CT molecular complexity index is 1260. The molecule has 0 saturated carbocycles. The van der Waals surface area contributed by atoms with Crippen LogP contribution in [0.1, 0.15) is 31.4 Å². The molecule has 6 nitrogen and oxygen atoms in total. The molecule has 0 spiro atoms. The van der Waals surface area contributed by atoms with Crippen molar-refractivity contribution in [3.63, 3.8) is 0 Å². The van der Waals surface area contributed by atoms with Crippen LogP contribution >= 0.6 is 11.6 Å². The van der Waals surface area contributed by atoms with Gasteiger partial charge in [-0.3, -0.25) is 0 Å². The van der Waals surface area contributed by atoms with Gasteiger partial charge < -0.3 is 15.6 Å². The third kappa shape index (κ3) is 4.91. The molecule has 0 fully saturated rings. The molecule has 2 aromatic heterocycles. The number of hydrogen-bond acceptors (Lipinski definition) is 5. The number of pyridine rings is 1. The lowest BCUT2D eigenvalue weighted by Gasteiger charge is -2.22. The average molecular weight is 473 g/mol. The van der Waals surface area contributed by atoms with E-state index in [4.69, 9.17) is 22.1 Å². The minimum atomic E-state index is -0.784. The van der Waals surface area contributed by atoms with E-state index in [9.17, 15) is 9.50 Å². The van der Waals surface area contributed by atoms with Gasteiger partial charge in [0.15, 0.2) is 17.2 Å². The summed E-state index contributed by atoms with van der Waals surface area (Å²) < 4.78 is 35.7. The predicted molar refractivity (Wildman–Crippen MR) is 123 cm³/mol. The fraction of sp³-hybridized carbons (Fsp3) is 0.250. The molecule has 3 N–H and O–H groups in total. The quantitative estimate of drug-likeness (QED) is 0.356. The summed E-state index contributed by atoms with van der Waals surface area (Å²) in [6, 6.07) is 12.3. The Kier molecular flexibility index (Phi) is 6.76. The molecule has 2 aromatic carbocycles. The molecule has 2 unspecified atom stereocenters. The van der Waals surface area contributed by atoms with E-state index in [2.05, 4.69) is 10.1 Å². The first-order chi connectivity index (χ1) is 15.9. The number of anilines is 1. The summed E-state index contributed by atoms with van der Waals surface area (Å²) in [7, 11) is 0.